The predicted octanol–water partition coefficient (Wildman–Crippen LogP) is 21.9. The van der Waals surface area contributed by atoms with Crippen LogP contribution in [0.1, 0.15) is 316 Å². The average Bonchev–Trinajstić information content (AvgIpc) is 3.41. The number of carbonyl (C=O) groups is 3. The second-order valence-electron chi connectivity index (χ2n) is 21.3. The van der Waals surface area contributed by atoms with Gasteiger partial charge in [0.15, 0.2) is 6.10 Å². The van der Waals surface area contributed by atoms with Crippen molar-refractivity contribution in [3.63, 3.8) is 0 Å². The zero-order valence-corrected chi connectivity index (χ0v) is 49.6. The predicted molar refractivity (Wildman–Crippen MR) is 325 cm³/mol. The summed E-state index contributed by atoms with van der Waals surface area (Å²) < 4.78 is 16.9. The lowest BCUT2D eigenvalue weighted by Gasteiger charge is -2.18. The number of ether oxygens (including phenoxy) is 3. The third-order valence-corrected chi connectivity index (χ3v) is 13.9. The van der Waals surface area contributed by atoms with Gasteiger partial charge in [0.05, 0.1) is 0 Å². The molecule has 0 heterocycles. The molecule has 1 atom stereocenters. The maximum atomic E-state index is 12.9. The molecule has 6 nitrogen and oxygen atoms in total. The Labute approximate surface area is 465 Å². The molecule has 0 radical (unpaired) electrons. The lowest BCUT2D eigenvalue weighted by molar-refractivity contribution is -0.167. The maximum Gasteiger partial charge on any atom is 0.306 e. The third kappa shape index (κ3) is 61.3. The van der Waals surface area contributed by atoms with E-state index in [1.54, 1.807) is 0 Å². The van der Waals surface area contributed by atoms with Crippen molar-refractivity contribution in [1.82, 2.24) is 0 Å². The smallest absolute Gasteiger partial charge is 0.306 e. The highest BCUT2D eigenvalue weighted by Crippen LogP contribution is 2.16. The van der Waals surface area contributed by atoms with Crippen molar-refractivity contribution in [2.24, 2.45) is 0 Å². The van der Waals surface area contributed by atoms with E-state index < -0.39 is 6.10 Å². The van der Waals surface area contributed by atoms with E-state index in [1.807, 2.05) is 0 Å². The van der Waals surface area contributed by atoms with Crippen LogP contribution in [0.5, 0.6) is 0 Å². The lowest BCUT2D eigenvalue weighted by atomic mass is 10.0. The van der Waals surface area contributed by atoms with Crippen molar-refractivity contribution in [1.29, 1.82) is 0 Å². The Morgan fingerprint density at radius 2 is 0.520 bits per heavy atom. The first-order valence-electron chi connectivity index (χ1n) is 32.1. The van der Waals surface area contributed by atoms with Crippen LogP contribution in [-0.4, -0.2) is 37.2 Å². The first kappa shape index (κ1) is 71.6. The van der Waals surface area contributed by atoms with Gasteiger partial charge in [0.2, 0.25) is 0 Å². The Balaban J connectivity index is 4.32. The van der Waals surface area contributed by atoms with Crippen molar-refractivity contribution in [3.8, 4) is 0 Å². The molecule has 432 valence electrons. The quantitative estimate of drug-likeness (QED) is 0.0261. The van der Waals surface area contributed by atoms with Crippen molar-refractivity contribution in [3.05, 3.63) is 85.1 Å². The van der Waals surface area contributed by atoms with Gasteiger partial charge in [-0.1, -0.05) is 266 Å². The Bertz CT molecular complexity index is 1430. The molecule has 0 fully saturated rings. The minimum atomic E-state index is -0.797. The molecule has 0 aromatic carbocycles. The van der Waals surface area contributed by atoms with Gasteiger partial charge in [-0.3, -0.25) is 14.4 Å². The third-order valence-electron chi connectivity index (χ3n) is 13.9. The molecule has 0 bridgehead atoms. The van der Waals surface area contributed by atoms with Gasteiger partial charge in [0, 0.05) is 19.3 Å². The first-order chi connectivity index (χ1) is 37.0. The molecule has 0 aliphatic carbocycles. The number of unbranched alkanes of at least 4 members (excludes halogenated alkanes) is 33. The van der Waals surface area contributed by atoms with Gasteiger partial charge in [-0.15, -0.1) is 0 Å². The molecule has 0 amide bonds. The highest BCUT2D eigenvalue weighted by atomic mass is 16.6. The van der Waals surface area contributed by atoms with Gasteiger partial charge in [-0.05, 0) is 116 Å². The molecule has 0 aliphatic rings. The van der Waals surface area contributed by atoms with Crippen LogP contribution in [-0.2, 0) is 28.6 Å². The van der Waals surface area contributed by atoms with Gasteiger partial charge >= 0.3 is 17.9 Å². The molecule has 0 saturated carbocycles. The van der Waals surface area contributed by atoms with Crippen LogP contribution in [0.25, 0.3) is 0 Å². The van der Waals surface area contributed by atoms with Crippen LogP contribution in [0.4, 0.5) is 0 Å². The Morgan fingerprint density at radius 3 is 0.867 bits per heavy atom. The summed E-state index contributed by atoms with van der Waals surface area (Å²) in [5, 5.41) is 0. The summed E-state index contributed by atoms with van der Waals surface area (Å²) in [6.07, 6.45) is 83.1. The average molecular weight is 1050 g/mol. The number of allylic oxidation sites excluding steroid dienone is 14. The summed E-state index contributed by atoms with van der Waals surface area (Å²) in [5.74, 6) is -0.924. The fraction of sp³-hybridized carbons (Fsp3) is 0.754. The molecule has 1 unspecified atom stereocenters. The second kappa shape index (κ2) is 63.1. The Kier molecular flexibility index (Phi) is 60.3. The highest BCUT2D eigenvalue weighted by Gasteiger charge is 2.19. The number of esters is 3. The van der Waals surface area contributed by atoms with E-state index in [0.29, 0.717) is 19.3 Å². The van der Waals surface area contributed by atoms with E-state index in [0.717, 1.165) is 109 Å². The summed E-state index contributed by atoms with van der Waals surface area (Å²) in [5.41, 5.74) is 0. The summed E-state index contributed by atoms with van der Waals surface area (Å²) in [6, 6.07) is 0. The fourth-order valence-electron chi connectivity index (χ4n) is 9.05. The number of hydrogen-bond donors (Lipinski definition) is 0. The highest BCUT2D eigenvalue weighted by molar-refractivity contribution is 5.71. The Hall–Kier alpha value is -3.41. The van der Waals surface area contributed by atoms with E-state index in [2.05, 4.69) is 106 Å². The zero-order chi connectivity index (χ0) is 54.3. The molecule has 0 saturated heterocycles. The molecule has 75 heavy (non-hydrogen) atoms. The largest absolute Gasteiger partial charge is 0.462 e. The first-order valence-corrected chi connectivity index (χ1v) is 32.1. The summed E-state index contributed by atoms with van der Waals surface area (Å²) in [4.78, 5) is 38.3. The van der Waals surface area contributed by atoms with Gasteiger partial charge in [-0.2, -0.15) is 0 Å². The van der Waals surface area contributed by atoms with E-state index in [-0.39, 0.29) is 31.1 Å². The molecule has 0 aromatic heterocycles. The minimum Gasteiger partial charge on any atom is -0.462 e. The SMILES string of the molecule is CC/C=C\C/C=C\C/C=C\CCCCCC(=O)OCC(COC(=O)CCCCCCCCCCCCCCC/C=C\CCCCCCCCCC)OC(=O)CCCCCCCC/C=C\C/C=C\C/C=C\CCCCC. The zero-order valence-electron chi connectivity index (χ0n) is 49.6. The second-order valence-corrected chi connectivity index (χ2v) is 21.3. The van der Waals surface area contributed by atoms with Crippen molar-refractivity contribution in [2.75, 3.05) is 13.2 Å². The van der Waals surface area contributed by atoms with Crippen molar-refractivity contribution in [2.45, 2.75) is 322 Å². The normalized spacial score (nSPS) is 12.6. The minimum absolute atomic E-state index is 0.0904. The molecule has 0 spiro atoms. The standard InChI is InChI=1S/C69H120O6/c1-4-7-10-13-16-19-22-25-27-29-31-32-33-34-35-36-38-39-41-44-47-50-53-56-59-62-68(71)74-65-66(64-73-67(70)61-58-55-52-49-46-43-24-21-18-15-12-9-6-3)75-69(72)63-60-57-54-51-48-45-42-40-37-30-28-26-23-20-17-14-11-8-5-2/h9,12,17-18,20-21,26,28-29,31,37,40,43,46,66H,4-8,10-11,13-16,19,22-25,27,30,32-36,38-39,41-42,44-45,47-65H2,1-3H3/b12-9-,20-17-,21-18-,28-26-,31-29-,40-37-,46-43-. The van der Waals surface area contributed by atoms with Gasteiger partial charge in [0.1, 0.15) is 13.2 Å². The summed E-state index contributed by atoms with van der Waals surface area (Å²) in [6.45, 7) is 6.49. The van der Waals surface area contributed by atoms with Crippen LogP contribution in [0.2, 0.25) is 0 Å². The maximum absolute atomic E-state index is 12.9. The van der Waals surface area contributed by atoms with Crippen LogP contribution in [0, 0.1) is 0 Å². The monoisotopic (exact) mass is 1040 g/mol. The topological polar surface area (TPSA) is 78.9 Å². The summed E-state index contributed by atoms with van der Waals surface area (Å²) >= 11 is 0. The van der Waals surface area contributed by atoms with E-state index in [1.165, 1.54) is 167 Å². The van der Waals surface area contributed by atoms with E-state index >= 15 is 0 Å². The van der Waals surface area contributed by atoms with Crippen LogP contribution >= 0.6 is 0 Å². The fourth-order valence-corrected chi connectivity index (χ4v) is 9.05. The Morgan fingerprint density at radius 1 is 0.280 bits per heavy atom. The van der Waals surface area contributed by atoms with Crippen LogP contribution in [0.15, 0.2) is 85.1 Å². The molecule has 6 heteroatoms. The van der Waals surface area contributed by atoms with Gasteiger partial charge in [-0.25, -0.2) is 0 Å². The molecule has 0 N–H and O–H groups in total. The van der Waals surface area contributed by atoms with Crippen LogP contribution < -0.4 is 0 Å². The molecule has 0 aromatic rings. The molecule has 0 aliphatic heterocycles. The van der Waals surface area contributed by atoms with E-state index in [9.17, 15) is 14.4 Å². The number of hydrogen-bond acceptors (Lipinski definition) is 6. The van der Waals surface area contributed by atoms with Gasteiger partial charge in [0.25, 0.3) is 0 Å². The lowest BCUT2D eigenvalue weighted by Crippen LogP contribution is -2.30. The van der Waals surface area contributed by atoms with Gasteiger partial charge < -0.3 is 14.2 Å². The molecular weight excluding hydrogens is 925 g/mol. The number of carbonyl (C=O) groups excluding carboxylic acids is 3. The van der Waals surface area contributed by atoms with E-state index in [4.69, 9.17) is 14.2 Å². The number of rotatable bonds is 58. The van der Waals surface area contributed by atoms with Crippen molar-refractivity contribution >= 4 is 17.9 Å². The molecule has 0 rings (SSSR count). The summed E-state index contributed by atoms with van der Waals surface area (Å²) in [7, 11) is 0. The van der Waals surface area contributed by atoms with Crippen LogP contribution in [0.3, 0.4) is 0 Å². The van der Waals surface area contributed by atoms with Crippen molar-refractivity contribution < 1.29 is 28.6 Å². The molecular formula is C69H120O6.